The van der Waals surface area contributed by atoms with Crippen LogP contribution in [0.1, 0.15) is 75.2 Å². The third kappa shape index (κ3) is 5.05. The van der Waals surface area contributed by atoms with E-state index in [1.165, 1.54) is 0 Å². The average Bonchev–Trinajstić information content (AvgIpc) is 2.12. The molecule has 0 bridgehead atoms. The molecule has 0 aromatic carbocycles. The fourth-order valence-corrected chi connectivity index (χ4v) is 2.40. The molecule has 3 nitrogen and oxygen atoms in total. The van der Waals surface area contributed by atoms with Crippen molar-refractivity contribution in [1.29, 1.82) is 0 Å². The maximum atomic E-state index is 9.89. The molecule has 2 N–H and O–H groups in total. The summed E-state index contributed by atoms with van der Waals surface area (Å²) in [5.74, 6) is 0. The lowest BCUT2D eigenvalue weighted by molar-refractivity contribution is -0.336. The van der Waals surface area contributed by atoms with E-state index in [0.29, 0.717) is 6.42 Å². The average molecular weight is 274 g/mol. The zero-order valence-corrected chi connectivity index (χ0v) is 14.3. The topological polar surface area (TPSA) is 49.7 Å². The molecule has 0 aliphatic rings. The van der Waals surface area contributed by atoms with E-state index in [4.69, 9.17) is 4.89 Å². The molecular weight excluding hydrogens is 240 g/mol. The second-order valence-electron chi connectivity index (χ2n) is 8.76. The first-order valence-electron chi connectivity index (χ1n) is 7.18. The van der Waals surface area contributed by atoms with Crippen molar-refractivity contribution in [2.24, 2.45) is 16.2 Å². The van der Waals surface area contributed by atoms with E-state index in [1.54, 1.807) is 0 Å². The summed E-state index contributed by atoms with van der Waals surface area (Å²) in [6, 6.07) is 0. The maximum absolute atomic E-state index is 9.89. The molecule has 0 aliphatic carbocycles. The first kappa shape index (κ1) is 18.9. The highest BCUT2D eigenvalue weighted by Crippen LogP contribution is 2.49. The lowest BCUT2D eigenvalue weighted by Crippen LogP contribution is -2.50. The standard InChI is InChI=1S/C16H34O3/c1-13(2,3)16(8,9)12(19-18)14(4,5)10-11-15(6,7)17/h12,17-18H,10-11H2,1-9H3. The Morgan fingerprint density at radius 2 is 1.26 bits per heavy atom. The van der Waals surface area contributed by atoms with Gasteiger partial charge in [-0.3, -0.25) is 5.26 Å². The molecule has 0 aromatic rings. The predicted octanol–water partition coefficient (Wildman–Crippen LogP) is 4.49. The van der Waals surface area contributed by atoms with Crippen LogP contribution in [0.25, 0.3) is 0 Å². The highest BCUT2D eigenvalue weighted by molar-refractivity contribution is 4.96. The number of aliphatic hydroxyl groups is 1. The van der Waals surface area contributed by atoms with Crippen LogP contribution in [-0.2, 0) is 4.89 Å². The van der Waals surface area contributed by atoms with Gasteiger partial charge >= 0.3 is 0 Å². The van der Waals surface area contributed by atoms with Crippen LogP contribution in [0.15, 0.2) is 0 Å². The smallest absolute Gasteiger partial charge is 0.103 e. The summed E-state index contributed by atoms with van der Waals surface area (Å²) in [4.78, 5) is 4.89. The van der Waals surface area contributed by atoms with Gasteiger partial charge in [0.05, 0.1) is 5.60 Å². The lowest BCUT2D eigenvalue weighted by Gasteiger charge is -2.49. The Morgan fingerprint density at radius 3 is 1.53 bits per heavy atom. The van der Waals surface area contributed by atoms with Gasteiger partial charge in [0.25, 0.3) is 0 Å². The second-order valence-corrected chi connectivity index (χ2v) is 8.76. The highest BCUT2D eigenvalue weighted by Gasteiger charge is 2.48. The Bertz CT molecular complexity index is 279. The third-order valence-corrected chi connectivity index (χ3v) is 4.78. The lowest BCUT2D eigenvalue weighted by atomic mass is 9.59. The number of hydrogen-bond acceptors (Lipinski definition) is 3. The minimum Gasteiger partial charge on any atom is -0.390 e. The molecule has 3 heteroatoms. The van der Waals surface area contributed by atoms with E-state index in [-0.39, 0.29) is 22.3 Å². The molecular formula is C16H34O3. The van der Waals surface area contributed by atoms with Gasteiger partial charge in [-0.25, -0.2) is 4.89 Å². The van der Waals surface area contributed by atoms with Gasteiger partial charge in [0, 0.05) is 0 Å². The molecule has 0 heterocycles. The Morgan fingerprint density at radius 1 is 0.842 bits per heavy atom. The van der Waals surface area contributed by atoms with Crippen molar-refractivity contribution >= 4 is 0 Å². The predicted molar refractivity (Wildman–Crippen MR) is 80.1 cm³/mol. The SMILES string of the molecule is CC(C)(O)CCC(C)(C)C(OO)C(C)(C)C(C)(C)C. The van der Waals surface area contributed by atoms with E-state index in [0.717, 1.165) is 6.42 Å². The zero-order chi connectivity index (χ0) is 15.7. The van der Waals surface area contributed by atoms with Crippen molar-refractivity contribution in [3.63, 3.8) is 0 Å². The van der Waals surface area contributed by atoms with Crippen LogP contribution in [0.2, 0.25) is 0 Å². The van der Waals surface area contributed by atoms with E-state index in [2.05, 4.69) is 48.5 Å². The van der Waals surface area contributed by atoms with Gasteiger partial charge in [-0.1, -0.05) is 48.5 Å². The van der Waals surface area contributed by atoms with Crippen molar-refractivity contribution < 1.29 is 15.3 Å². The van der Waals surface area contributed by atoms with Crippen LogP contribution in [0.5, 0.6) is 0 Å². The van der Waals surface area contributed by atoms with Gasteiger partial charge < -0.3 is 5.11 Å². The monoisotopic (exact) mass is 274 g/mol. The number of rotatable bonds is 6. The van der Waals surface area contributed by atoms with E-state index < -0.39 is 5.60 Å². The van der Waals surface area contributed by atoms with Gasteiger partial charge in [-0.2, -0.15) is 0 Å². The second kappa shape index (κ2) is 5.71. The van der Waals surface area contributed by atoms with Gasteiger partial charge in [0.15, 0.2) is 0 Å². The summed E-state index contributed by atoms with van der Waals surface area (Å²) in [5, 5.41) is 19.3. The largest absolute Gasteiger partial charge is 0.390 e. The van der Waals surface area contributed by atoms with Gasteiger partial charge in [-0.05, 0) is 42.9 Å². The molecule has 0 saturated carbocycles. The van der Waals surface area contributed by atoms with E-state index >= 15 is 0 Å². The summed E-state index contributed by atoms with van der Waals surface area (Å²) in [7, 11) is 0. The number of hydrogen-bond donors (Lipinski definition) is 2. The molecule has 0 fully saturated rings. The molecule has 0 saturated heterocycles. The molecule has 0 radical (unpaired) electrons. The van der Waals surface area contributed by atoms with Crippen LogP contribution in [0.4, 0.5) is 0 Å². The van der Waals surface area contributed by atoms with Gasteiger partial charge in [0.2, 0.25) is 0 Å². The van der Waals surface area contributed by atoms with Crippen LogP contribution in [0, 0.1) is 16.2 Å². The zero-order valence-electron chi connectivity index (χ0n) is 14.3. The Balaban J connectivity index is 5.13. The Labute approximate surface area is 119 Å². The maximum Gasteiger partial charge on any atom is 0.103 e. The van der Waals surface area contributed by atoms with Crippen molar-refractivity contribution in [3.05, 3.63) is 0 Å². The molecule has 116 valence electrons. The molecule has 0 aromatic heterocycles. The van der Waals surface area contributed by atoms with Crippen LogP contribution < -0.4 is 0 Å². The normalized spacial score (nSPS) is 16.6. The summed E-state index contributed by atoms with van der Waals surface area (Å²) in [6.45, 7) is 18.5. The molecule has 0 spiro atoms. The van der Waals surface area contributed by atoms with Crippen molar-refractivity contribution in [3.8, 4) is 0 Å². The minimum absolute atomic E-state index is 0.00635. The quantitative estimate of drug-likeness (QED) is 0.554. The molecule has 1 unspecified atom stereocenters. The van der Waals surface area contributed by atoms with Crippen molar-refractivity contribution in [1.82, 2.24) is 0 Å². The molecule has 1 atom stereocenters. The van der Waals surface area contributed by atoms with E-state index in [1.807, 2.05) is 13.8 Å². The molecule has 0 amide bonds. The minimum atomic E-state index is -0.691. The summed E-state index contributed by atoms with van der Waals surface area (Å²) >= 11 is 0. The van der Waals surface area contributed by atoms with Gasteiger partial charge in [0.1, 0.15) is 6.10 Å². The molecule has 19 heavy (non-hydrogen) atoms. The Kier molecular flexibility index (Phi) is 5.67. The first-order chi connectivity index (χ1) is 8.15. The summed E-state index contributed by atoms with van der Waals surface area (Å²) in [5.41, 5.74) is -1.09. The molecule has 0 rings (SSSR count). The fourth-order valence-electron chi connectivity index (χ4n) is 2.40. The van der Waals surface area contributed by atoms with Crippen LogP contribution >= 0.6 is 0 Å². The first-order valence-corrected chi connectivity index (χ1v) is 7.18. The van der Waals surface area contributed by atoms with Crippen LogP contribution in [-0.4, -0.2) is 22.1 Å². The van der Waals surface area contributed by atoms with E-state index in [9.17, 15) is 10.4 Å². The van der Waals surface area contributed by atoms with Crippen molar-refractivity contribution in [2.75, 3.05) is 0 Å². The Hall–Kier alpha value is -0.120. The van der Waals surface area contributed by atoms with Crippen molar-refractivity contribution in [2.45, 2.75) is 86.9 Å². The van der Waals surface area contributed by atoms with Crippen LogP contribution in [0.3, 0.4) is 0 Å². The summed E-state index contributed by atoms with van der Waals surface area (Å²) < 4.78 is 0. The van der Waals surface area contributed by atoms with Gasteiger partial charge in [-0.15, -0.1) is 0 Å². The fraction of sp³-hybridized carbons (Fsp3) is 1.00. The highest BCUT2D eigenvalue weighted by atomic mass is 17.1. The summed E-state index contributed by atoms with van der Waals surface area (Å²) in [6.07, 6.45) is 1.18. The molecule has 0 aliphatic heterocycles. The third-order valence-electron chi connectivity index (χ3n) is 4.78.